The maximum atomic E-state index is 13.6. The summed E-state index contributed by atoms with van der Waals surface area (Å²) in [6, 6.07) is -3.14. The zero-order chi connectivity index (χ0) is 47.6. The fraction of sp³-hybridized carbons (Fsp3) is 0.744. The Bertz CT molecular complexity index is 1620. The van der Waals surface area contributed by atoms with E-state index in [-0.39, 0.29) is 74.5 Å². The van der Waals surface area contributed by atoms with E-state index in [0.29, 0.717) is 43.2 Å². The Hall–Kier alpha value is -5.04. The highest BCUT2D eigenvalue weighted by Crippen LogP contribution is 2.33. The third-order valence-corrected chi connectivity index (χ3v) is 12.5. The molecule has 2 heterocycles. The number of amides is 10. The van der Waals surface area contributed by atoms with Gasteiger partial charge in [-0.25, -0.2) is 10.3 Å². The van der Waals surface area contributed by atoms with Crippen LogP contribution in [-0.2, 0) is 38.4 Å². The first-order valence-corrected chi connectivity index (χ1v) is 24.0. The number of carbonyl (C=O) groups excluding carboxylic acids is 9. The van der Waals surface area contributed by atoms with Crippen LogP contribution in [0.3, 0.4) is 0 Å². The van der Waals surface area contributed by atoms with Gasteiger partial charge in [0.25, 0.3) is 0 Å². The molecule has 0 aliphatic carbocycles. The molecule has 10 amide bonds. The minimum Gasteiger partial charge on any atom is -0.370 e. The summed E-state index contributed by atoms with van der Waals surface area (Å²) in [5.41, 5.74) is 17.8. The maximum Gasteiger partial charge on any atom is 0.315 e. The average Bonchev–Trinajstić information content (AvgIpc) is 3.80. The number of aliphatic imine (C=N–C) groups is 1. The van der Waals surface area contributed by atoms with E-state index < -0.39 is 78.5 Å². The highest BCUT2D eigenvalue weighted by molar-refractivity contribution is 8.00. The Labute approximate surface area is 382 Å². The van der Waals surface area contributed by atoms with Crippen molar-refractivity contribution in [2.24, 2.45) is 34.0 Å². The molecule has 0 radical (unpaired) electrons. The van der Waals surface area contributed by atoms with Crippen LogP contribution in [-0.4, -0.2) is 144 Å². The van der Waals surface area contributed by atoms with Gasteiger partial charge in [-0.1, -0.05) is 20.3 Å². The number of guanidine groups is 1. The van der Waals surface area contributed by atoms with Crippen LogP contribution in [0, 0.1) is 11.8 Å². The minimum absolute atomic E-state index is 0.0152. The molecule has 2 fully saturated rings. The summed E-state index contributed by atoms with van der Waals surface area (Å²) in [7, 11) is 0. The van der Waals surface area contributed by atoms with Crippen molar-refractivity contribution in [2.75, 3.05) is 43.9 Å². The van der Waals surface area contributed by atoms with Crippen molar-refractivity contribution in [2.45, 2.75) is 126 Å². The van der Waals surface area contributed by atoms with Crippen molar-refractivity contribution in [3.63, 3.8) is 0 Å². The lowest BCUT2D eigenvalue weighted by molar-refractivity contribution is -0.137. The van der Waals surface area contributed by atoms with Gasteiger partial charge < -0.3 is 59.7 Å². The minimum atomic E-state index is -1.20. The quantitative estimate of drug-likeness (QED) is 0.00831. The Morgan fingerprint density at radius 1 is 0.781 bits per heavy atom. The van der Waals surface area contributed by atoms with Crippen LogP contribution in [0.25, 0.3) is 0 Å². The Morgan fingerprint density at radius 2 is 1.47 bits per heavy atom. The highest BCUT2D eigenvalue weighted by atomic mass is 32.2. The summed E-state index contributed by atoms with van der Waals surface area (Å²) in [6.45, 7) is 3.11. The molecule has 7 atom stereocenters. The Morgan fingerprint density at radius 3 is 2.14 bits per heavy atom. The molecule has 0 aromatic rings. The number of hydroxylamine groups is 1. The molecule has 16 N–H and O–H groups in total. The molecule has 0 bridgehead atoms. The number of unbranched alkanes of at least 4 members (excludes halogenated alkanes) is 2. The third kappa shape index (κ3) is 22.0. The van der Waals surface area contributed by atoms with Crippen LogP contribution in [0.5, 0.6) is 0 Å². The number of nitrogens with two attached hydrogens (primary N) is 3. The van der Waals surface area contributed by atoms with E-state index in [1.54, 1.807) is 0 Å². The van der Waals surface area contributed by atoms with Crippen molar-refractivity contribution in [3.05, 3.63) is 0 Å². The topological polar surface area (TPSA) is 373 Å². The number of fused-ring (bicyclic) bond motifs is 1. The molecule has 0 saturated carbocycles. The van der Waals surface area contributed by atoms with Crippen molar-refractivity contribution in [3.8, 4) is 0 Å². The van der Waals surface area contributed by atoms with Gasteiger partial charge in [0.15, 0.2) is 5.96 Å². The molecule has 2 saturated heterocycles. The number of primary amides is 1. The lowest BCUT2D eigenvalue weighted by atomic mass is 9.92. The lowest BCUT2D eigenvalue weighted by Crippen LogP contribution is -2.55. The molecule has 1 unspecified atom stereocenters. The number of rotatable bonds is 32. The molecule has 25 heteroatoms. The first-order chi connectivity index (χ1) is 30.4. The van der Waals surface area contributed by atoms with Gasteiger partial charge in [-0.3, -0.25) is 48.6 Å². The monoisotopic (exact) mass is 943 g/mol. The van der Waals surface area contributed by atoms with Crippen LogP contribution in [0.15, 0.2) is 4.99 Å². The smallest absolute Gasteiger partial charge is 0.315 e. The zero-order valence-corrected chi connectivity index (χ0v) is 38.6. The number of hydrogen-bond acceptors (Lipinski definition) is 13. The van der Waals surface area contributed by atoms with Gasteiger partial charge in [0.2, 0.25) is 47.3 Å². The zero-order valence-electron chi connectivity index (χ0n) is 37.0. The first kappa shape index (κ1) is 55.1. The second kappa shape index (κ2) is 30.2. The van der Waals surface area contributed by atoms with Crippen LogP contribution in [0.1, 0.15) is 90.9 Å². The number of hydrogen-bond donors (Lipinski definition) is 13. The number of carbonyl (C=O) groups is 9. The van der Waals surface area contributed by atoms with Crippen molar-refractivity contribution < 1.29 is 48.4 Å². The van der Waals surface area contributed by atoms with Crippen LogP contribution in [0.4, 0.5) is 4.79 Å². The van der Waals surface area contributed by atoms with Gasteiger partial charge in [-0.2, -0.15) is 23.5 Å². The van der Waals surface area contributed by atoms with E-state index in [1.165, 1.54) is 17.2 Å². The normalized spacial score (nSPS) is 18.1. The van der Waals surface area contributed by atoms with Crippen molar-refractivity contribution >= 4 is 82.8 Å². The summed E-state index contributed by atoms with van der Waals surface area (Å²) in [5.74, 6) is -4.73. The largest absolute Gasteiger partial charge is 0.370 e. The summed E-state index contributed by atoms with van der Waals surface area (Å²) < 4.78 is 0. The third-order valence-electron chi connectivity index (χ3n) is 10.4. The highest BCUT2D eigenvalue weighted by Gasteiger charge is 2.42. The van der Waals surface area contributed by atoms with E-state index in [2.05, 4.69) is 47.5 Å². The van der Waals surface area contributed by atoms with E-state index in [0.717, 1.165) is 25.0 Å². The molecule has 2 rings (SSSR count). The van der Waals surface area contributed by atoms with Gasteiger partial charge in [-0.05, 0) is 75.7 Å². The molecular weight excluding hydrogens is 875 g/mol. The summed E-state index contributed by atoms with van der Waals surface area (Å²) in [5, 5.41) is 30.7. The van der Waals surface area contributed by atoms with E-state index in [4.69, 9.17) is 22.4 Å². The molecular formula is C39H69N13O10S2. The first-order valence-electron chi connectivity index (χ1n) is 21.6. The van der Waals surface area contributed by atoms with Crippen LogP contribution in [0.2, 0.25) is 0 Å². The van der Waals surface area contributed by atoms with Crippen LogP contribution >= 0.6 is 23.5 Å². The predicted octanol–water partition coefficient (Wildman–Crippen LogP) is -2.46. The summed E-state index contributed by atoms with van der Waals surface area (Å²) >= 11 is 3.26. The van der Waals surface area contributed by atoms with Gasteiger partial charge in [0.05, 0.1) is 25.2 Å². The fourth-order valence-electron chi connectivity index (χ4n) is 7.09. The van der Waals surface area contributed by atoms with Gasteiger partial charge >= 0.3 is 6.03 Å². The molecule has 23 nitrogen and oxygen atoms in total. The van der Waals surface area contributed by atoms with E-state index >= 15 is 0 Å². The van der Waals surface area contributed by atoms with E-state index in [9.17, 15) is 43.2 Å². The molecule has 362 valence electrons. The second-order valence-corrected chi connectivity index (χ2v) is 18.4. The number of urea groups is 1. The second-order valence-electron chi connectivity index (χ2n) is 16.1. The van der Waals surface area contributed by atoms with Crippen molar-refractivity contribution in [1.29, 1.82) is 0 Å². The van der Waals surface area contributed by atoms with Gasteiger partial charge in [0, 0.05) is 42.9 Å². The molecule has 0 aromatic carbocycles. The predicted molar refractivity (Wildman–Crippen MR) is 242 cm³/mol. The molecule has 0 aromatic heterocycles. The average molecular weight is 944 g/mol. The molecule has 2 aliphatic rings. The van der Waals surface area contributed by atoms with E-state index in [1.807, 2.05) is 31.9 Å². The Kier molecular flexibility index (Phi) is 26.0. The molecule has 2 aliphatic heterocycles. The summed E-state index contributed by atoms with van der Waals surface area (Å²) in [4.78, 5) is 117. The number of thioether (sulfide) groups is 2. The summed E-state index contributed by atoms with van der Waals surface area (Å²) in [6.07, 6.45) is 6.34. The number of nitrogens with zero attached hydrogens (tertiary/aromatic N) is 1. The molecule has 64 heavy (non-hydrogen) atoms. The van der Waals surface area contributed by atoms with Gasteiger partial charge in [0.1, 0.15) is 18.1 Å². The Balaban J connectivity index is 1.81. The molecule has 0 spiro atoms. The standard InChI is InChI=1S/C39H69N13O10S2/c1-22(2)17-23(18-30(54)52-62)35(58)48-26(13-16-63-3)37(60)49-25(10-8-15-44-38(41)42)36(59)46-19-31(55)45-20-32(56)47-24(34(40)57)9-6-7-14-43-29(53)12-5-4-11-28-33-27(21-64-28)50-39(61)51-33/h22-28,33,62H,4-21H2,1-3H3,(H2,40,57)(H,43,53)(H,45,55)(H,46,59)(H,47,56)(H,48,58)(H,49,60)(H,52,54)(H4,41,42,44)(H2,50,51,61)/t23?,24-,25-,26-,27-,28-,33-/m0/s1. The SMILES string of the molecule is CSCC[C@H](NC(=O)C(CC(=O)NO)CC(C)C)C(=O)N[C@@H](CCCN=C(N)N)C(=O)NCC(=O)NCC(=O)N[C@@H](CCCCNC(=O)CCCC[C@@H]1SC[C@@H]2NC(=O)N[C@@H]21)C(N)=O. The fourth-order valence-corrected chi connectivity index (χ4v) is 9.10. The number of nitrogens with one attached hydrogen (secondary N) is 9. The maximum absolute atomic E-state index is 13.6. The van der Waals surface area contributed by atoms with Crippen LogP contribution < -0.4 is 65.2 Å². The van der Waals surface area contributed by atoms with Gasteiger partial charge in [-0.15, -0.1) is 0 Å². The lowest BCUT2D eigenvalue weighted by Gasteiger charge is -2.25. The van der Waals surface area contributed by atoms with Crippen molar-refractivity contribution in [1.82, 2.24) is 48.0 Å².